The van der Waals surface area contributed by atoms with Gasteiger partial charge in [0, 0.05) is 12.3 Å². The second kappa shape index (κ2) is 3.87. The lowest BCUT2D eigenvalue weighted by atomic mass is 10.4. The van der Waals surface area contributed by atoms with Gasteiger partial charge in [0.25, 0.3) is 5.56 Å². The van der Waals surface area contributed by atoms with Crippen molar-refractivity contribution in [2.45, 2.75) is 12.5 Å². The molecule has 0 aliphatic rings. The summed E-state index contributed by atoms with van der Waals surface area (Å²) < 4.78 is 63.8. The van der Waals surface area contributed by atoms with E-state index in [0.717, 1.165) is 0 Å². The number of nitrogens with one attached hydrogen (secondary N) is 1. The molecule has 0 saturated heterocycles. The van der Waals surface area contributed by atoms with Gasteiger partial charge in [0.05, 0.1) is 0 Å². The Labute approximate surface area is 79.5 Å². The monoisotopic (exact) mass is 229 g/mol. The third-order valence-corrected chi connectivity index (χ3v) is 1.34. The molecule has 0 saturated carbocycles. The van der Waals surface area contributed by atoms with Crippen LogP contribution in [0.15, 0.2) is 17.1 Å². The Morgan fingerprint density at radius 1 is 1.40 bits per heavy atom. The highest BCUT2D eigenvalue weighted by atomic mass is 19.3. The number of alkyl halides is 4. The van der Waals surface area contributed by atoms with Gasteiger partial charge in [-0.15, -0.1) is 0 Å². The molecule has 8 heteroatoms. The SMILES string of the molecule is O=c1[nH]cc(OC(F)(F)C(F)F)cc1F. The molecule has 84 valence electrons. The van der Waals surface area contributed by atoms with E-state index in [0.29, 0.717) is 6.20 Å². The molecule has 1 heterocycles. The van der Waals surface area contributed by atoms with Crippen LogP contribution >= 0.6 is 0 Å². The van der Waals surface area contributed by atoms with Gasteiger partial charge in [0.2, 0.25) is 0 Å². The van der Waals surface area contributed by atoms with Crippen LogP contribution in [0.3, 0.4) is 0 Å². The standard InChI is InChI=1S/C7H4F5NO2/c8-4-1-3(2-13-5(4)14)15-7(11,12)6(9)10/h1-2,6H,(H,13,14). The molecule has 1 aromatic rings. The third kappa shape index (κ3) is 2.67. The lowest BCUT2D eigenvalue weighted by Crippen LogP contribution is -2.33. The van der Waals surface area contributed by atoms with Gasteiger partial charge in [-0.05, 0) is 0 Å². The molecule has 15 heavy (non-hydrogen) atoms. The highest BCUT2D eigenvalue weighted by molar-refractivity contribution is 5.17. The van der Waals surface area contributed by atoms with Gasteiger partial charge in [-0.2, -0.15) is 17.6 Å². The normalized spacial score (nSPS) is 11.9. The fraction of sp³-hybridized carbons (Fsp3) is 0.286. The number of hydrogen-bond acceptors (Lipinski definition) is 2. The predicted octanol–water partition coefficient (Wildman–Crippen LogP) is 1.75. The van der Waals surface area contributed by atoms with Crippen LogP contribution in [0.5, 0.6) is 5.75 Å². The van der Waals surface area contributed by atoms with Crippen molar-refractivity contribution in [3.63, 3.8) is 0 Å². The Kier molecular flexibility index (Phi) is 2.96. The van der Waals surface area contributed by atoms with Gasteiger partial charge in [0.1, 0.15) is 5.75 Å². The molecule has 0 fully saturated rings. The molecule has 3 nitrogen and oxygen atoms in total. The lowest BCUT2D eigenvalue weighted by Gasteiger charge is -2.16. The minimum atomic E-state index is -4.73. The predicted molar refractivity (Wildman–Crippen MR) is 38.6 cm³/mol. The van der Waals surface area contributed by atoms with E-state index in [1.807, 2.05) is 0 Å². The molecule has 0 spiro atoms. The molecule has 0 aliphatic heterocycles. The maximum Gasteiger partial charge on any atom is 0.461 e. The molecule has 0 unspecified atom stereocenters. The zero-order chi connectivity index (χ0) is 11.6. The number of aromatic nitrogens is 1. The van der Waals surface area contributed by atoms with Crippen molar-refractivity contribution in [1.82, 2.24) is 4.98 Å². The molecule has 0 radical (unpaired) electrons. The Morgan fingerprint density at radius 3 is 2.47 bits per heavy atom. The quantitative estimate of drug-likeness (QED) is 0.802. The molecular weight excluding hydrogens is 225 g/mol. The summed E-state index contributed by atoms with van der Waals surface area (Å²) >= 11 is 0. The fourth-order valence-corrected chi connectivity index (χ4v) is 0.698. The average molecular weight is 229 g/mol. The number of H-pyrrole nitrogens is 1. The van der Waals surface area contributed by atoms with Gasteiger partial charge in [-0.1, -0.05) is 0 Å². The zero-order valence-electron chi connectivity index (χ0n) is 6.94. The first-order chi connectivity index (χ1) is 6.83. The van der Waals surface area contributed by atoms with E-state index >= 15 is 0 Å². The summed E-state index contributed by atoms with van der Waals surface area (Å²) in [6.07, 6.45) is -8.22. The molecule has 1 N–H and O–H groups in total. The molecule has 0 amide bonds. The van der Waals surface area contributed by atoms with Crippen molar-refractivity contribution < 1.29 is 26.7 Å². The highest BCUT2D eigenvalue weighted by Crippen LogP contribution is 2.26. The lowest BCUT2D eigenvalue weighted by molar-refractivity contribution is -0.253. The molecular formula is C7H4F5NO2. The fourth-order valence-electron chi connectivity index (χ4n) is 0.698. The number of halogens is 5. The van der Waals surface area contributed by atoms with E-state index in [4.69, 9.17) is 0 Å². The second-order valence-electron chi connectivity index (χ2n) is 2.48. The number of pyridine rings is 1. The van der Waals surface area contributed by atoms with Gasteiger partial charge < -0.3 is 9.72 Å². The van der Waals surface area contributed by atoms with Crippen LogP contribution in [-0.2, 0) is 0 Å². The maximum absolute atomic E-state index is 12.5. The van der Waals surface area contributed by atoms with Crippen LogP contribution < -0.4 is 10.3 Å². The van der Waals surface area contributed by atoms with E-state index in [1.165, 1.54) is 0 Å². The molecule has 0 aromatic carbocycles. The van der Waals surface area contributed by atoms with Crippen LogP contribution in [-0.4, -0.2) is 17.5 Å². The largest absolute Gasteiger partial charge is 0.461 e. The summed E-state index contributed by atoms with van der Waals surface area (Å²) in [5.74, 6) is -2.30. The van der Waals surface area contributed by atoms with Crippen LogP contribution in [0, 0.1) is 5.82 Å². The van der Waals surface area contributed by atoms with Crippen LogP contribution in [0.1, 0.15) is 0 Å². The van der Waals surface area contributed by atoms with Crippen molar-refractivity contribution in [2.75, 3.05) is 0 Å². The Bertz CT molecular complexity index is 403. The Morgan fingerprint density at radius 2 is 2.00 bits per heavy atom. The maximum atomic E-state index is 12.5. The molecule has 1 rings (SSSR count). The first-order valence-electron chi connectivity index (χ1n) is 3.56. The first-order valence-corrected chi connectivity index (χ1v) is 3.56. The van der Waals surface area contributed by atoms with Crippen molar-refractivity contribution in [2.24, 2.45) is 0 Å². The highest BCUT2D eigenvalue weighted by Gasteiger charge is 2.44. The van der Waals surface area contributed by atoms with Gasteiger partial charge in [0.15, 0.2) is 5.82 Å². The van der Waals surface area contributed by atoms with Crippen LogP contribution in [0.25, 0.3) is 0 Å². The number of hydrogen-bond donors (Lipinski definition) is 1. The van der Waals surface area contributed by atoms with E-state index in [2.05, 4.69) is 4.74 Å². The summed E-state index contributed by atoms with van der Waals surface area (Å²) in [4.78, 5) is 12.1. The summed E-state index contributed by atoms with van der Waals surface area (Å²) in [7, 11) is 0. The van der Waals surface area contributed by atoms with Gasteiger partial charge >= 0.3 is 12.5 Å². The minimum Gasteiger partial charge on any atom is -0.427 e. The molecule has 1 aromatic heterocycles. The van der Waals surface area contributed by atoms with Crippen molar-refractivity contribution in [3.8, 4) is 5.75 Å². The molecule has 0 bridgehead atoms. The number of rotatable bonds is 3. The summed E-state index contributed by atoms with van der Waals surface area (Å²) in [5, 5.41) is 0. The van der Waals surface area contributed by atoms with E-state index in [9.17, 15) is 26.7 Å². The van der Waals surface area contributed by atoms with E-state index < -0.39 is 29.7 Å². The Hall–Kier alpha value is -1.60. The first kappa shape index (κ1) is 11.5. The summed E-state index contributed by atoms with van der Waals surface area (Å²) in [6, 6.07) is 0.287. The van der Waals surface area contributed by atoms with Crippen molar-refractivity contribution in [3.05, 3.63) is 28.4 Å². The number of aromatic amines is 1. The third-order valence-electron chi connectivity index (χ3n) is 1.34. The van der Waals surface area contributed by atoms with Gasteiger partial charge in [-0.3, -0.25) is 4.79 Å². The van der Waals surface area contributed by atoms with Crippen molar-refractivity contribution in [1.29, 1.82) is 0 Å². The molecule has 0 atom stereocenters. The van der Waals surface area contributed by atoms with E-state index in [1.54, 1.807) is 4.98 Å². The Balaban J connectivity index is 2.91. The zero-order valence-corrected chi connectivity index (χ0v) is 6.94. The second-order valence-corrected chi connectivity index (χ2v) is 2.48. The number of ether oxygens (including phenoxy) is 1. The molecule has 0 aliphatic carbocycles. The smallest absolute Gasteiger partial charge is 0.427 e. The average Bonchev–Trinajstić information content (AvgIpc) is 2.10. The summed E-state index contributed by atoms with van der Waals surface area (Å²) in [5.41, 5.74) is -1.16. The van der Waals surface area contributed by atoms with Crippen LogP contribution in [0.2, 0.25) is 0 Å². The van der Waals surface area contributed by atoms with Gasteiger partial charge in [-0.25, -0.2) is 4.39 Å². The van der Waals surface area contributed by atoms with E-state index in [-0.39, 0.29) is 6.07 Å². The van der Waals surface area contributed by atoms with Crippen molar-refractivity contribution >= 4 is 0 Å². The summed E-state index contributed by atoms with van der Waals surface area (Å²) in [6.45, 7) is 0. The topological polar surface area (TPSA) is 42.1 Å². The minimum absolute atomic E-state index is 0.287. The van der Waals surface area contributed by atoms with Crippen LogP contribution in [0.4, 0.5) is 22.0 Å².